The molecule has 0 atom stereocenters. The molecule has 0 unspecified atom stereocenters. The van der Waals surface area contributed by atoms with Crippen molar-refractivity contribution in [3.8, 4) is 0 Å². The van der Waals surface area contributed by atoms with Crippen molar-refractivity contribution in [2.45, 2.75) is 51.9 Å². The van der Waals surface area contributed by atoms with Crippen molar-refractivity contribution in [2.75, 3.05) is 11.9 Å². The number of thiophene rings is 1. The highest BCUT2D eigenvalue weighted by molar-refractivity contribution is 7.08. The molecule has 1 aliphatic carbocycles. The van der Waals surface area contributed by atoms with E-state index in [4.69, 9.17) is 0 Å². The molecule has 138 valence electrons. The minimum absolute atomic E-state index is 0.0222. The fourth-order valence-electron chi connectivity index (χ4n) is 4.06. The van der Waals surface area contributed by atoms with Gasteiger partial charge in [0.1, 0.15) is 0 Å². The molecule has 3 rings (SSSR count). The fraction of sp³-hybridized carbons (Fsp3) is 0.429. The predicted molar refractivity (Wildman–Crippen MR) is 107 cm³/mol. The Bertz CT molecular complexity index is 782. The van der Waals surface area contributed by atoms with Crippen molar-refractivity contribution in [1.29, 1.82) is 0 Å². The molecule has 2 aromatic rings. The third kappa shape index (κ3) is 3.83. The van der Waals surface area contributed by atoms with Crippen LogP contribution in [-0.4, -0.2) is 18.4 Å². The third-order valence-corrected chi connectivity index (χ3v) is 6.09. The first-order valence-corrected chi connectivity index (χ1v) is 10.1. The number of aryl methyl sites for hydroxylation is 3. The summed E-state index contributed by atoms with van der Waals surface area (Å²) in [5.74, 6) is -1.16. The summed E-state index contributed by atoms with van der Waals surface area (Å²) in [4.78, 5) is 24.8. The molecule has 1 saturated carbocycles. The molecular formula is C21H26N2O2S. The van der Waals surface area contributed by atoms with Gasteiger partial charge in [0.2, 0.25) is 0 Å². The average Bonchev–Trinajstić information content (AvgIpc) is 3.27. The van der Waals surface area contributed by atoms with E-state index in [2.05, 4.69) is 27.5 Å². The second-order valence-corrected chi connectivity index (χ2v) is 8.19. The van der Waals surface area contributed by atoms with Crippen LogP contribution in [0.5, 0.6) is 0 Å². The molecule has 1 heterocycles. The topological polar surface area (TPSA) is 58.2 Å². The number of carbonyl (C=O) groups is 2. The van der Waals surface area contributed by atoms with Gasteiger partial charge < -0.3 is 10.6 Å². The van der Waals surface area contributed by atoms with E-state index >= 15 is 0 Å². The molecule has 0 aliphatic heterocycles. The lowest BCUT2D eigenvalue weighted by Gasteiger charge is -2.28. The second-order valence-electron chi connectivity index (χ2n) is 7.41. The molecule has 1 aromatic heterocycles. The lowest BCUT2D eigenvalue weighted by atomic mass is 9.80. The zero-order chi connectivity index (χ0) is 18.7. The second kappa shape index (κ2) is 7.62. The summed E-state index contributed by atoms with van der Waals surface area (Å²) in [6, 6.07) is 6.15. The maximum absolute atomic E-state index is 12.4. The molecular weight excluding hydrogens is 344 g/mol. The zero-order valence-electron chi connectivity index (χ0n) is 15.6. The van der Waals surface area contributed by atoms with E-state index in [1.807, 2.05) is 32.9 Å². The van der Waals surface area contributed by atoms with Gasteiger partial charge in [-0.15, -0.1) is 0 Å². The Morgan fingerprint density at radius 3 is 2.31 bits per heavy atom. The van der Waals surface area contributed by atoms with Gasteiger partial charge in [0.15, 0.2) is 0 Å². The number of anilines is 1. The van der Waals surface area contributed by atoms with Gasteiger partial charge in [-0.2, -0.15) is 11.3 Å². The van der Waals surface area contributed by atoms with Crippen molar-refractivity contribution in [1.82, 2.24) is 5.32 Å². The van der Waals surface area contributed by atoms with E-state index in [-0.39, 0.29) is 5.41 Å². The first kappa shape index (κ1) is 18.6. The van der Waals surface area contributed by atoms with E-state index in [1.165, 1.54) is 18.4 Å². The monoisotopic (exact) mass is 370 g/mol. The van der Waals surface area contributed by atoms with Crippen molar-refractivity contribution < 1.29 is 9.59 Å². The summed E-state index contributed by atoms with van der Waals surface area (Å²) < 4.78 is 0. The van der Waals surface area contributed by atoms with Crippen molar-refractivity contribution >= 4 is 28.8 Å². The first-order chi connectivity index (χ1) is 12.4. The molecule has 0 saturated heterocycles. The number of nitrogens with one attached hydrogen (secondary N) is 2. The summed E-state index contributed by atoms with van der Waals surface area (Å²) in [6.07, 6.45) is 4.45. The smallest absolute Gasteiger partial charge is 0.313 e. The number of rotatable bonds is 4. The minimum Gasteiger partial charge on any atom is -0.347 e. The maximum atomic E-state index is 12.4. The Morgan fingerprint density at radius 1 is 1.08 bits per heavy atom. The van der Waals surface area contributed by atoms with Crippen LogP contribution in [0, 0.1) is 20.8 Å². The Morgan fingerprint density at radius 2 is 1.73 bits per heavy atom. The summed E-state index contributed by atoms with van der Waals surface area (Å²) >= 11 is 1.68. The molecule has 26 heavy (non-hydrogen) atoms. The van der Waals surface area contributed by atoms with Crippen molar-refractivity contribution in [3.63, 3.8) is 0 Å². The molecule has 1 aromatic carbocycles. The predicted octanol–water partition coefficient (Wildman–Crippen LogP) is 4.24. The Kier molecular flexibility index (Phi) is 5.47. The van der Waals surface area contributed by atoms with Crippen LogP contribution in [0.2, 0.25) is 0 Å². The largest absolute Gasteiger partial charge is 0.347 e. The molecule has 0 spiro atoms. The normalized spacial score (nSPS) is 15.7. The summed E-state index contributed by atoms with van der Waals surface area (Å²) in [5.41, 5.74) is 5.06. The number of hydrogen-bond acceptors (Lipinski definition) is 3. The Hall–Kier alpha value is -2.14. The van der Waals surface area contributed by atoms with Gasteiger partial charge in [-0.05, 0) is 67.1 Å². The molecule has 0 radical (unpaired) electrons. The molecule has 2 amide bonds. The van der Waals surface area contributed by atoms with Crippen LogP contribution in [0.15, 0.2) is 29.0 Å². The van der Waals surface area contributed by atoms with Gasteiger partial charge in [0.05, 0.1) is 0 Å². The maximum Gasteiger partial charge on any atom is 0.313 e. The van der Waals surface area contributed by atoms with Crippen LogP contribution in [0.3, 0.4) is 0 Å². The summed E-state index contributed by atoms with van der Waals surface area (Å²) in [7, 11) is 0. The van der Waals surface area contributed by atoms with Crippen molar-refractivity contribution in [2.24, 2.45) is 0 Å². The van der Waals surface area contributed by atoms with Crippen LogP contribution in [-0.2, 0) is 15.0 Å². The average molecular weight is 371 g/mol. The van der Waals surface area contributed by atoms with Crippen molar-refractivity contribution in [3.05, 3.63) is 51.2 Å². The molecule has 2 N–H and O–H groups in total. The molecule has 1 aliphatic rings. The Labute approximate surface area is 159 Å². The van der Waals surface area contributed by atoms with Crippen LogP contribution in [0.1, 0.15) is 47.9 Å². The van der Waals surface area contributed by atoms with E-state index in [0.717, 1.165) is 35.2 Å². The molecule has 0 bridgehead atoms. The van der Waals surface area contributed by atoms with Crippen LogP contribution >= 0.6 is 11.3 Å². The van der Waals surface area contributed by atoms with Gasteiger partial charge in [0, 0.05) is 17.6 Å². The highest BCUT2D eigenvalue weighted by Crippen LogP contribution is 2.41. The lowest BCUT2D eigenvalue weighted by Crippen LogP contribution is -2.43. The van der Waals surface area contributed by atoms with Crippen LogP contribution < -0.4 is 10.6 Å². The van der Waals surface area contributed by atoms with Crippen LogP contribution in [0.4, 0.5) is 5.69 Å². The van der Waals surface area contributed by atoms with Gasteiger partial charge in [-0.3, -0.25) is 9.59 Å². The number of benzene rings is 1. The standard InChI is InChI=1S/C21H26N2O2S/c1-14-10-15(2)18(16(3)11-14)23-20(25)19(24)22-13-21(7-4-5-8-21)17-6-9-26-12-17/h6,9-12H,4-5,7-8,13H2,1-3H3,(H,22,24)(H,23,25). The van der Waals surface area contributed by atoms with E-state index < -0.39 is 11.8 Å². The first-order valence-electron chi connectivity index (χ1n) is 9.11. The van der Waals surface area contributed by atoms with Gasteiger partial charge in [0.25, 0.3) is 0 Å². The molecule has 4 nitrogen and oxygen atoms in total. The lowest BCUT2D eigenvalue weighted by molar-refractivity contribution is -0.136. The Balaban J connectivity index is 1.66. The van der Waals surface area contributed by atoms with Gasteiger partial charge in [-0.1, -0.05) is 30.5 Å². The zero-order valence-corrected chi connectivity index (χ0v) is 16.5. The van der Waals surface area contributed by atoms with E-state index in [9.17, 15) is 9.59 Å². The van der Waals surface area contributed by atoms with E-state index in [1.54, 1.807) is 11.3 Å². The highest BCUT2D eigenvalue weighted by atomic mass is 32.1. The number of carbonyl (C=O) groups excluding carboxylic acids is 2. The SMILES string of the molecule is Cc1cc(C)c(NC(=O)C(=O)NCC2(c3ccsc3)CCCC2)c(C)c1. The minimum atomic E-state index is -0.599. The highest BCUT2D eigenvalue weighted by Gasteiger charge is 2.36. The van der Waals surface area contributed by atoms with Crippen LogP contribution in [0.25, 0.3) is 0 Å². The number of amides is 2. The molecule has 1 fully saturated rings. The number of hydrogen-bond donors (Lipinski definition) is 2. The van der Waals surface area contributed by atoms with E-state index in [0.29, 0.717) is 6.54 Å². The molecule has 5 heteroatoms. The summed E-state index contributed by atoms with van der Waals surface area (Å²) in [5, 5.41) is 9.90. The van der Waals surface area contributed by atoms with Gasteiger partial charge >= 0.3 is 11.8 Å². The van der Waals surface area contributed by atoms with Gasteiger partial charge in [-0.25, -0.2) is 0 Å². The quantitative estimate of drug-likeness (QED) is 0.791. The third-order valence-electron chi connectivity index (χ3n) is 5.40. The summed E-state index contributed by atoms with van der Waals surface area (Å²) in [6.45, 7) is 6.42. The fourth-order valence-corrected chi connectivity index (χ4v) is 4.84.